The van der Waals surface area contributed by atoms with E-state index >= 15 is 0 Å². The highest BCUT2D eigenvalue weighted by Gasteiger charge is 2.34. The van der Waals surface area contributed by atoms with Gasteiger partial charge in [-0.15, -0.1) is 0 Å². The Labute approximate surface area is 85.7 Å². The zero-order valence-electron chi connectivity index (χ0n) is 9.59. The Morgan fingerprint density at radius 2 is 2.07 bits per heavy atom. The van der Waals surface area contributed by atoms with Crippen molar-refractivity contribution in [3.63, 3.8) is 0 Å². The van der Waals surface area contributed by atoms with Gasteiger partial charge in [0.05, 0.1) is 7.11 Å². The summed E-state index contributed by atoms with van der Waals surface area (Å²) < 4.78 is 0. The maximum absolute atomic E-state index is 5.13. The van der Waals surface area contributed by atoms with Crippen LogP contribution in [-0.2, 0) is 4.84 Å². The molecule has 1 heterocycles. The third-order valence-corrected chi connectivity index (χ3v) is 2.87. The summed E-state index contributed by atoms with van der Waals surface area (Å²) in [6, 6.07) is 0. The molecule has 0 atom stereocenters. The Bertz CT molecular complexity index is 313. The first-order chi connectivity index (χ1) is 6.45. The van der Waals surface area contributed by atoms with Gasteiger partial charge in [0.25, 0.3) is 0 Å². The molecule has 0 spiro atoms. The van der Waals surface area contributed by atoms with Crippen LogP contribution in [0.3, 0.4) is 0 Å². The normalized spacial score (nSPS) is 19.6. The second kappa shape index (κ2) is 3.58. The zero-order chi connectivity index (χ0) is 10.9. The van der Waals surface area contributed by atoms with E-state index in [9.17, 15) is 0 Å². The Balaban J connectivity index is 3.18. The maximum Gasteiger partial charge on any atom is 0.156 e. The number of rotatable bonds is 3. The van der Waals surface area contributed by atoms with E-state index in [1.54, 1.807) is 12.2 Å². The van der Waals surface area contributed by atoms with Crippen molar-refractivity contribution in [2.75, 3.05) is 14.2 Å². The molecular weight excluding hydrogens is 176 g/mol. The second-order valence-corrected chi connectivity index (χ2v) is 3.94. The van der Waals surface area contributed by atoms with Gasteiger partial charge in [-0.3, -0.25) is 4.84 Å². The van der Waals surface area contributed by atoms with E-state index < -0.39 is 0 Å². The summed E-state index contributed by atoms with van der Waals surface area (Å²) in [5.41, 5.74) is 2.16. The van der Waals surface area contributed by atoms with Crippen LogP contribution in [-0.4, -0.2) is 24.9 Å². The number of hydrogen-bond acceptors (Lipinski definition) is 3. The minimum absolute atomic E-state index is 0.0378. The molecule has 0 N–H and O–H groups in total. The summed E-state index contributed by atoms with van der Waals surface area (Å²) in [5, 5.41) is 1.66. The van der Waals surface area contributed by atoms with E-state index in [2.05, 4.69) is 25.4 Å². The van der Waals surface area contributed by atoms with E-state index in [0.717, 1.165) is 17.1 Å². The average Bonchev–Trinajstić information content (AvgIpc) is 2.37. The van der Waals surface area contributed by atoms with Crippen LogP contribution in [0.5, 0.6) is 0 Å². The number of aliphatic imine (C=N–C) groups is 1. The van der Waals surface area contributed by atoms with Crippen LogP contribution >= 0.6 is 0 Å². The number of hydrogen-bond donors (Lipinski definition) is 0. The van der Waals surface area contributed by atoms with Gasteiger partial charge >= 0.3 is 0 Å². The van der Waals surface area contributed by atoms with Crippen LogP contribution in [0, 0.1) is 5.41 Å². The molecule has 1 aliphatic heterocycles. The molecule has 0 aromatic carbocycles. The second-order valence-electron chi connectivity index (χ2n) is 3.94. The summed E-state index contributed by atoms with van der Waals surface area (Å²) in [5.74, 6) is 0.852. The fraction of sp³-hybridized carbons (Fsp3) is 0.545. The van der Waals surface area contributed by atoms with Crippen LogP contribution in [0.1, 0.15) is 20.8 Å². The lowest BCUT2D eigenvalue weighted by atomic mass is 9.82. The van der Waals surface area contributed by atoms with Crippen LogP contribution < -0.4 is 0 Å². The molecule has 3 nitrogen and oxygen atoms in total. The molecule has 1 aliphatic rings. The fourth-order valence-corrected chi connectivity index (χ4v) is 1.51. The van der Waals surface area contributed by atoms with Crippen LogP contribution in [0.2, 0.25) is 0 Å². The molecule has 0 saturated carbocycles. The van der Waals surface area contributed by atoms with Crippen molar-refractivity contribution >= 4 is 5.71 Å². The summed E-state index contributed by atoms with van der Waals surface area (Å²) in [6.45, 7) is 10.1. The van der Waals surface area contributed by atoms with Gasteiger partial charge in [-0.2, -0.15) is 0 Å². The topological polar surface area (TPSA) is 24.8 Å². The molecule has 0 unspecified atom stereocenters. The van der Waals surface area contributed by atoms with Gasteiger partial charge in [0.15, 0.2) is 5.82 Å². The summed E-state index contributed by atoms with van der Waals surface area (Å²) in [4.78, 5) is 9.62. The predicted molar refractivity (Wildman–Crippen MR) is 58.9 cm³/mol. The highest BCUT2D eigenvalue weighted by molar-refractivity contribution is 5.94. The molecular formula is C11H18N2O. The van der Waals surface area contributed by atoms with E-state index in [4.69, 9.17) is 4.84 Å². The first kappa shape index (κ1) is 11.0. The van der Waals surface area contributed by atoms with Gasteiger partial charge in [-0.1, -0.05) is 26.5 Å². The smallest absolute Gasteiger partial charge is 0.156 e. The van der Waals surface area contributed by atoms with E-state index in [-0.39, 0.29) is 5.41 Å². The first-order valence-electron chi connectivity index (χ1n) is 4.66. The summed E-state index contributed by atoms with van der Waals surface area (Å²) in [6.07, 6.45) is 1.85. The molecule has 0 amide bonds. The minimum atomic E-state index is -0.0378. The van der Waals surface area contributed by atoms with Crippen LogP contribution in [0.25, 0.3) is 0 Å². The SMILES string of the molecule is C=CC1=C(N(C)OC)N=C(C)C1(C)C. The zero-order valence-corrected chi connectivity index (χ0v) is 9.59. The Morgan fingerprint density at radius 1 is 1.50 bits per heavy atom. The summed E-state index contributed by atoms with van der Waals surface area (Å²) in [7, 11) is 3.47. The predicted octanol–water partition coefficient (Wildman–Crippen LogP) is 2.38. The van der Waals surface area contributed by atoms with E-state index in [1.165, 1.54) is 0 Å². The molecule has 3 heteroatoms. The lowest BCUT2D eigenvalue weighted by molar-refractivity contribution is -0.0786. The van der Waals surface area contributed by atoms with Gasteiger partial charge in [0.1, 0.15) is 0 Å². The van der Waals surface area contributed by atoms with Crippen molar-refractivity contribution in [3.8, 4) is 0 Å². The summed E-state index contributed by atoms with van der Waals surface area (Å²) >= 11 is 0. The lowest BCUT2D eigenvalue weighted by Gasteiger charge is -2.22. The van der Waals surface area contributed by atoms with Crippen LogP contribution in [0.15, 0.2) is 29.0 Å². The first-order valence-corrected chi connectivity index (χ1v) is 4.66. The minimum Gasteiger partial charge on any atom is -0.276 e. The van der Waals surface area contributed by atoms with E-state index in [1.807, 2.05) is 20.0 Å². The molecule has 0 radical (unpaired) electrons. The van der Waals surface area contributed by atoms with Gasteiger partial charge < -0.3 is 0 Å². The number of hydroxylamine groups is 2. The molecule has 0 fully saturated rings. The third kappa shape index (κ3) is 1.48. The standard InChI is InChI=1S/C11H18N2O/c1-7-9-10(13(5)14-6)12-8(2)11(9,3)4/h7H,1H2,2-6H3. The molecule has 78 valence electrons. The monoisotopic (exact) mass is 194 g/mol. The molecule has 1 rings (SSSR count). The quantitative estimate of drug-likeness (QED) is 0.644. The van der Waals surface area contributed by atoms with Crippen molar-refractivity contribution in [1.29, 1.82) is 0 Å². The molecule has 0 bridgehead atoms. The third-order valence-electron chi connectivity index (χ3n) is 2.87. The number of nitrogens with zero attached hydrogens (tertiary/aromatic N) is 2. The largest absolute Gasteiger partial charge is 0.276 e. The van der Waals surface area contributed by atoms with Gasteiger partial charge in [-0.25, -0.2) is 10.1 Å². The lowest BCUT2D eigenvalue weighted by Crippen LogP contribution is -2.21. The van der Waals surface area contributed by atoms with Crippen molar-refractivity contribution in [1.82, 2.24) is 5.06 Å². The highest BCUT2D eigenvalue weighted by atomic mass is 16.7. The number of allylic oxidation sites excluding steroid dienone is 2. The molecule has 0 aromatic heterocycles. The van der Waals surface area contributed by atoms with Gasteiger partial charge in [0, 0.05) is 23.7 Å². The van der Waals surface area contributed by atoms with Crippen molar-refractivity contribution in [2.45, 2.75) is 20.8 Å². The van der Waals surface area contributed by atoms with Crippen LogP contribution in [0.4, 0.5) is 0 Å². The Kier molecular flexibility index (Phi) is 2.81. The van der Waals surface area contributed by atoms with Crippen molar-refractivity contribution < 1.29 is 4.84 Å². The molecule has 14 heavy (non-hydrogen) atoms. The van der Waals surface area contributed by atoms with Crippen molar-refractivity contribution in [2.24, 2.45) is 10.4 Å². The molecule has 0 saturated heterocycles. The molecule has 0 aliphatic carbocycles. The highest BCUT2D eigenvalue weighted by Crippen LogP contribution is 2.38. The van der Waals surface area contributed by atoms with E-state index in [0.29, 0.717) is 0 Å². The average molecular weight is 194 g/mol. The van der Waals surface area contributed by atoms with Gasteiger partial charge in [-0.05, 0) is 6.92 Å². The van der Waals surface area contributed by atoms with Gasteiger partial charge in [0.2, 0.25) is 0 Å². The van der Waals surface area contributed by atoms with Crippen molar-refractivity contribution in [3.05, 3.63) is 24.0 Å². The maximum atomic E-state index is 5.13. The fourth-order valence-electron chi connectivity index (χ4n) is 1.51. The molecule has 0 aromatic rings. The Morgan fingerprint density at radius 3 is 2.50 bits per heavy atom. The Hall–Kier alpha value is -1.09.